The van der Waals surface area contributed by atoms with Gasteiger partial charge in [0, 0.05) is 19.2 Å². The molecule has 0 saturated carbocycles. The van der Waals surface area contributed by atoms with Crippen LogP contribution in [0.3, 0.4) is 0 Å². The molecule has 5 heteroatoms. The van der Waals surface area contributed by atoms with Crippen molar-refractivity contribution in [1.82, 2.24) is 5.32 Å². The van der Waals surface area contributed by atoms with Crippen molar-refractivity contribution in [2.45, 2.75) is 12.2 Å². The van der Waals surface area contributed by atoms with Crippen LogP contribution < -0.4 is 10.1 Å². The van der Waals surface area contributed by atoms with Gasteiger partial charge in [-0.3, -0.25) is 0 Å². The zero-order chi connectivity index (χ0) is 10.8. The molecule has 0 amide bonds. The summed E-state index contributed by atoms with van der Waals surface area (Å²) in [6, 6.07) is 5.06. The molecule has 1 aliphatic rings. The fraction of sp³-hybridized carbons (Fsp3) is 0.400. The van der Waals surface area contributed by atoms with Crippen molar-refractivity contribution in [3.05, 3.63) is 28.2 Å². The van der Waals surface area contributed by atoms with E-state index in [2.05, 4.69) is 5.32 Å². The molecule has 0 radical (unpaired) electrons. The standard InChI is InChI=1S/C10H11Cl2NO2/c11-7-2-1-6(3-8(7)12)15-10-5-13-4-9(10)14/h1-3,9-10,13-14H,4-5H2. The number of ether oxygens (including phenoxy) is 1. The van der Waals surface area contributed by atoms with Gasteiger partial charge < -0.3 is 15.2 Å². The van der Waals surface area contributed by atoms with Crippen LogP contribution in [0.15, 0.2) is 18.2 Å². The molecule has 2 atom stereocenters. The number of halogens is 2. The van der Waals surface area contributed by atoms with Gasteiger partial charge in [0.15, 0.2) is 0 Å². The summed E-state index contributed by atoms with van der Waals surface area (Å²) in [6.07, 6.45) is -0.693. The largest absolute Gasteiger partial charge is 0.486 e. The number of aliphatic hydroxyl groups excluding tert-OH is 1. The van der Waals surface area contributed by atoms with Crippen LogP contribution in [-0.4, -0.2) is 30.4 Å². The van der Waals surface area contributed by atoms with Crippen molar-refractivity contribution >= 4 is 23.2 Å². The van der Waals surface area contributed by atoms with Crippen LogP contribution >= 0.6 is 23.2 Å². The third-order valence-electron chi connectivity index (χ3n) is 2.31. The number of benzene rings is 1. The molecule has 1 aromatic carbocycles. The average Bonchev–Trinajstić information content (AvgIpc) is 2.59. The van der Waals surface area contributed by atoms with Gasteiger partial charge in [0.25, 0.3) is 0 Å². The minimum Gasteiger partial charge on any atom is -0.486 e. The van der Waals surface area contributed by atoms with Crippen molar-refractivity contribution in [3.63, 3.8) is 0 Å². The van der Waals surface area contributed by atoms with Crippen molar-refractivity contribution in [2.24, 2.45) is 0 Å². The van der Waals surface area contributed by atoms with Gasteiger partial charge >= 0.3 is 0 Å². The van der Waals surface area contributed by atoms with E-state index in [-0.39, 0.29) is 6.10 Å². The summed E-state index contributed by atoms with van der Waals surface area (Å²) in [5.41, 5.74) is 0. The van der Waals surface area contributed by atoms with Crippen LogP contribution in [0.4, 0.5) is 0 Å². The summed E-state index contributed by atoms with van der Waals surface area (Å²) in [5.74, 6) is 0.622. The van der Waals surface area contributed by atoms with E-state index in [1.807, 2.05) is 0 Å². The summed E-state index contributed by atoms with van der Waals surface area (Å²) in [5, 5.41) is 13.5. The van der Waals surface area contributed by atoms with Gasteiger partial charge in [-0.25, -0.2) is 0 Å². The van der Waals surface area contributed by atoms with Crippen LogP contribution in [0.2, 0.25) is 10.0 Å². The summed E-state index contributed by atoms with van der Waals surface area (Å²) in [7, 11) is 0. The quantitative estimate of drug-likeness (QED) is 0.837. The van der Waals surface area contributed by atoms with E-state index in [1.165, 1.54) is 0 Å². The maximum absolute atomic E-state index is 9.53. The second-order valence-corrected chi connectivity index (χ2v) is 4.27. The lowest BCUT2D eigenvalue weighted by Crippen LogP contribution is -2.29. The van der Waals surface area contributed by atoms with Gasteiger partial charge in [0.05, 0.1) is 10.0 Å². The lowest BCUT2D eigenvalue weighted by molar-refractivity contribution is 0.0738. The fourth-order valence-electron chi connectivity index (χ4n) is 1.49. The Kier molecular flexibility index (Phi) is 3.36. The Bertz CT molecular complexity index is 359. The average molecular weight is 248 g/mol. The monoisotopic (exact) mass is 247 g/mol. The first kappa shape index (κ1) is 11.0. The third kappa shape index (κ3) is 2.55. The Labute approximate surface area is 97.9 Å². The second-order valence-electron chi connectivity index (χ2n) is 3.46. The number of aliphatic hydroxyl groups is 1. The highest BCUT2D eigenvalue weighted by molar-refractivity contribution is 6.42. The Hall–Kier alpha value is -0.480. The summed E-state index contributed by atoms with van der Waals surface area (Å²) < 4.78 is 5.57. The molecule has 3 nitrogen and oxygen atoms in total. The molecule has 0 aliphatic carbocycles. The first-order chi connectivity index (χ1) is 7.16. The van der Waals surface area contributed by atoms with Crippen molar-refractivity contribution < 1.29 is 9.84 Å². The van der Waals surface area contributed by atoms with Crippen LogP contribution in [0.1, 0.15) is 0 Å². The first-order valence-corrected chi connectivity index (χ1v) is 5.43. The molecule has 1 fully saturated rings. The minimum atomic E-state index is -0.473. The molecular weight excluding hydrogens is 237 g/mol. The van der Waals surface area contributed by atoms with Gasteiger partial charge in [-0.15, -0.1) is 0 Å². The van der Waals surface area contributed by atoms with E-state index in [0.29, 0.717) is 28.9 Å². The third-order valence-corrected chi connectivity index (χ3v) is 3.05. The zero-order valence-corrected chi connectivity index (χ0v) is 9.42. The molecule has 1 saturated heterocycles. The van der Waals surface area contributed by atoms with Crippen LogP contribution in [0.25, 0.3) is 0 Å². The fourth-order valence-corrected chi connectivity index (χ4v) is 1.77. The van der Waals surface area contributed by atoms with Gasteiger partial charge in [-0.2, -0.15) is 0 Å². The van der Waals surface area contributed by atoms with Gasteiger partial charge in [0.1, 0.15) is 18.0 Å². The summed E-state index contributed by atoms with van der Waals surface area (Å²) in [4.78, 5) is 0. The van der Waals surface area contributed by atoms with E-state index in [0.717, 1.165) is 0 Å². The van der Waals surface area contributed by atoms with E-state index in [4.69, 9.17) is 27.9 Å². The zero-order valence-electron chi connectivity index (χ0n) is 7.91. The van der Waals surface area contributed by atoms with Crippen LogP contribution in [0, 0.1) is 0 Å². The van der Waals surface area contributed by atoms with Gasteiger partial charge in [-0.1, -0.05) is 23.2 Å². The highest BCUT2D eigenvalue weighted by atomic mass is 35.5. The number of hydrogen-bond acceptors (Lipinski definition) is 3. The second kappa shape index (κ2) is 4.58. The number of nitrogens with one attached hydrogen (secondary N) is 1. The predicted molar refractivity (Wildman–Crippen MR) is 59.8 cm³/mol. The molecule has 2 unspecified atom stereocenters. The highest BCUT2D eigenvalue weighted by Gasteiger charge is 2.26. The number of hydrogen-bond donors (Lipinski definition) is 2. The Morgan fingerprint density at radius 2 is 2.07 bits per heavy atom. The SMILES string of the molecule is OC1CNCC1Oc1ccc(Cl)c(Cl)c1. The van der Waals surface area contributed by atoms with E-state index in [1.54, 1.807) is 18.2 Å². The highest BCUT2D eigenvalue weighted by Crippen LogP contribution is 2.27. The van der Waals surface area contributed by atoms with E-state index >= 15 is 0 Å². The van der Waals surface area contributed by atoms with Crippen molar-refractivity contribution in [2.75, 3.05) is 13.1 Å². The van der Waals surface area contributed by atoms with Crippen molar-refractivity contribution in [3.8, 4) is 5.75 Å². The van der Waals surface area contributed by atoms with Crippen molar-refractivity contribution in [1.29, 1.82) is 0 Å². The maximum Gasteiger partial charge on any atom is 0.138 e. The summed E-state index contributed by atoms with van der Waals surface area (Å²) >= 11 is 11.6. The maximum atomic E-state index is 9.53. The lowest BCUT2D eigenvalue weighted by Gasteiger charge is -2.16. The first-order valence-electron chi connectivity index (χ1n) is 4.67. The van der Waals surface area contributed by atoms with Crippen LogP contribution in [-0.2, 0) is 0 Å². The smallest absolute Gasteiger partial charge is 0.138 e. The molecule has 1 aromatic rings. The molecule has 1 heterocycles. The van der Waals surface area contributed by atoms with E-state index < -0.39 is 6.10 Å². The minimum absolute atomic E-state index is 0.220. The molecule has 82 valence electrons. The Morgan fingerprint density at radius 1 is 1.27 bits per heavy atom. The molecule has 2 N–H and O–H groups in total. The van der Waals surface area contributed by atoms with E-state index in [9.17, 15) is 5.11 Å². The molecule has 0 bridgehead atoms. The number of rotatable bonds is 2. The molecular formula is C10H11Cl2NO2. The molecule has 1 aliphatic heterocycles. The molecule has 15 heavy (non-hydrogen) atoms. The summed E-state index contributed by atoms with van der Waals surface area (Å²) in [6.45, 7) is 1.20. The Morgan fingerprint density at radius 3 is 2.67 bits per heavy atom. The number of β-amino-alcohol motifs (C(OH)–C–C–N with tert-alkyl or cyclic N) is 1. The van der Waals surface area contributed by atoms with Gasteiger partial charge in [0.2, 0.25) is 0 Å². The predicted octanol–water partition coefficient (Wildman–Crippen LogP) is 1.70. The van der Waals surface area contributed by atoms with Gasteiger partial charge in [-0.05, 0) is 12.1 Å². The normalized spacial score (nSPS) is 25.5. The van der Waals surface area contributed by atoms with Crippen LogP contribution in [0.5, 0.6) is 5.75 Å². The topological polar surface area (TPSA) is 41.5 Å². The lowest BCUT2D eigenvalue weighted by atomic mass is 10.2. The Balaban J connectivity index is 2.07. The molecule has 2 rings (SSSR count). The molecule has 0 spiro atoms. The molecule has 0 aromatic heterocycles.